The predicted molar refractivity (Wildman–Crippen MR) is 99.4 cm³/mol. The van der Waals surface area contributed by atoms with Gasteiger partial charge in [-0.25, -0.2) is 4.98 Å². The average Bonchev–Trinajstić information content (AvgIpc) is 3.39. The minimum atomic E-state index is -0.0895. The van der Waals surface area contributed by atoms with Gasteiger partial charge in [-0.2, -0.15) is 0 Å². The Morgan fingerprint density at radius 1 is 1.19 bits per heavy atom. The Kier molecular flexibility index (Phi) is 4.80. The van der Waals surface area contributed by atoms with E-state index in [1.165, 1.54) is 5.56 Å². The first-order valence-electron chi connectivity index (χ1n) is 8.85. The maximum absolute atomic E-state index is 12.6. The monoisotopic (exact) mass is 347 g/mol. The van der Waals surface area contributed by atoms with Crippen molar-refractivity contribution in [3.05, 3.63) is 83.9 Å². The van der Waals surface area contributed by atoms with E-state index in [2.05, 4.69) is 16.4 Å². The van der Waals surface area contributed by atoms with Crippen LogP contribution in [-0.2, 0) is 11.3 Å². The zero-order chi connectivity index (χ0) is 17.8. The van der Waals surface area contributed by atoms with Crippen molar-refractivity contribution in [1.82, 2.24) is 14.9 Å². The van der Waals surface area contributed by atoms with Crippen LogP contribution in [0.4, 0.5) is 0 Å². The molecule has 1 aliphatic rings. The van der Waals surface area contributed by atoms with Crippen molar-refractivity contribution >= 4 is 5.91 Å². The third-order valence-corrected chi connectivity index (χ3v) is 4.71. The number of amides is 1. The van der Waals surface area contributed by atoms with E-state index in [-0.39, 0.29) is 5.91 Å². The molecular weight excluding hydrogens is 326 g/mol. The van der Waals surface area contributed by atoms with Gasteiger partial charge in [0.1, 0.15) is 5.82 Å². The zero-order valence-electron chi connectivity index (χ0n) is 14.5. The minimum absolute atomic E-state index is 0.0895. The highest BCUT2D eigenvalue weighted by atomic mass is 16.5. The molecule has 1 aliphatic heterocycles. The second-order valence-corrected chi connectivity index (χ2v) is 6.42. The molecule has 3 aromatic rings. The lowest BCUT2D eigenvalue weighted by atomic mass is 9.96. The number of carbonyl (C=O) groups excluding carboxylic acids is 1. The van der Waals surface area contributed by atoms with Crippen molar-refractivity contribution in [3.63, 3.8) is 0 Å². The van der Waals surface area contributed by atoms with Crippen LogP contribution in [0.2, 0.25) is 0 Å². The second kappa shape index (κ2) is 7.54. The first kappa shape index (κ1) is 16.5. The van der Waals surface area contributed by atoms with Crippen LogP contribution in [0.1, 0.15) is 34.1 Å². The maximum Gasteiger partial charge on any atom is 0.251 e. The number of ether oxygens (including phenoxy) is 1. The molecule has 1 fully saturated rings. The molecule has 0 unspecified atom stereocenters. The third kappa shape index (κ3) is 3.53. The number of nitrogens with zero attached hydrogens (tertiary/aromatic N) is 2. The van der Waals surface area contributed by atoms with E-state index in [1.54, 1.807) is 6.20 Å². The Bertz CT molecular complexity index is 883. The van der Waals surface area contributed by atoms with E-state index < -0.39 is 0 Å². The zero-order valence-corrected chi connectivity index (χ0v) is 14.5. The summed E-state index contributed by atoms with van der Waals surface area (Å²) in [5.74, 6) is 1.10. The van der Waals surface area contributed by atoms with Crippen LogP contribution < -0.4 is 5.32 Å². The van der Waals surface area contributed by atoms with E-state index in [9.17, 15) is 4.79 Å². The fraction of sp³-hybridized carbons (Fsp3) is 0.238. The number of carbonyl (C=O) groups is 1. The lowest BCUT2D eigenvalue weighted by Crippen LogP contribution is -2.24. The van der Waals surface area contributed by atoms with Crippen LogP contribution in [0.3, 0.4) is 0 Å². The average molecular weight is 347 g/mol. The van der Waals surface area contributed by atoms with Crippen molar-refractivity contribution in [2.24, 2.45) is 0 Å². The van der Waals surface area contributed by atoms with Gasteiger partial charge in [0.05, 0.1) is 13.2 Å². The van der Waals surface area contributed by atoms with Gasteiger partial charge in [-0.05, 0) is 36.2 Å². The number of rotatable bonds is 5. The van der Waals surface area contributed by atoms with Crippen LogP contribution in [0.25, 0.3) is 5.69 Å². The summed E-state index contributed by atoms with van der Waals surface area (Å²) in [4.78, 5) is 16.9. The highest BCUT2D eigenvalue weighted by molar-refractivity contribution is 5.94. The summed E-state index contributed by atoms with van der Waals surface area (Å²) in [6.45, 7) is 1.90. The largest absolute Gasteiger partial charge is 0.381 e. The van der Waals surface area contributed by atoms with E-state index in [1.807, 2.05) is 59.3 Å². The molecule has 1 saturated heterocycles. The molecule has 4 rings (SSSR count). The number of hydrogen-bond donors (Lipinski definition) is 1. The molecule has 2 aromatic carbocycles. The lowest BCUT2D eigenvalue weighted by molar-refractivity contribution is 0.0949. The van der Waals surface area contributed by atoms with E-state index in [4.69, 9.17) is 4.74 Å². The normalized spacial score (nSPS) is 16.5. The molecule has 0 radical (unpaired) electrons. The summed E-state index contributed by atoms with van der Waals surface area (Å²) in [7, 11) is 0. The molecule has 5 heteroatoms. The number of hydrogen-bond acceptors (Lipinski definition) is 3. The molecule has 2 heterocycles. The second-order valence-electron chi connectivity index (χ2n) is 6.42. The van der Waals surface area contributed by atoms with Crippen molar-refractivity contribution < 1.29 is 9.53 Å². The first-order valence-corrected chi connectivity index (χ1v) is 8.85. The van der Waals surface area contributed by atoms with Gasteiger partial charge in [-0.15, -0.1) is 0 Å². The molecular formula is C21H21N3O2. The van der Waals surface area contributed by atoms with Gasteiger partial charge in [-0.1, -0.05) is 30.3 Å². The van der Waals surface area contributed by atoms with Crippen LogP contribution in [-0.4, -0.2) is 28.7 Å². The van der Waals surface area contributed by atoms with E-state index >= 15 is 0 Å². The smallest absolute Gasteiger partial charge is 0.251 e. The van der Waals surface area contributed by atoms with Gasteiger partial charge in [0.25, 0.3) is 5.91 Å². The predicted octanol–water partition coefficient (Wildman–Crippen LogP) is 3.31. The topological polar surface area (TPSA) is 56.2 Å². The summed E-state index contributed by atoms with van der Waals surface area (Å²) >= 11 is 0. The number of imidazole rings is 1. The van der Waals surface area contributed by atoms with Gasteiger partial charge >= 0.3 is 0 Å². The van der Waals surface area contributed by atoms with E-state index in [0.717, 1.165) is 31.1 Å². The highest BCUT2D eigenvalue weighted by Crippen LogP contribution is 2.25. The van der Waals surface area contributed by atoms with Crippen LogP contribution in [0, 0.1) is 0 Å². The molecule has 132 valence electrons. The van der Waals surface area contributed by atoms with Crippen molar-refractivity contribution in [3.8, 4) is 5.69 Å². The SMILES string of the molecule is O=C(NCc1nccn1-c1ccccc1)c1cccc([C@@H]2CCOC2)c1. The summed E-state index contributed by atoms with van der Waals surface area (Å²) in [6.07, 6.45) is 4.66. The summed E-state index contributed by atoms with van der Waals surface area (Å²) < 4.78 is 7.43. The standard InChI is InChI=1S/C21H21N3O2/c25-21(17-6-4-5-16(13-17)18-9-12-26-15-18)23-14-20-22-10-11-24(20)19-7-2-1-3-8-19/h1-8,10-11,13,18H,9,12,14-15H2,(H,23,25)/t18-/m1/s1. The molecule has 0 spiro atoms. The maximum atomic E-state index is 12.6. The molecule has 5 nitrogen and oxygen atoms in total. The molecule has 1 amide bonds. The Morgan fingerprint density at radius 3 is 2.88 bits per heavy atom. The quantitative estimate of drug-likeness (QED) is 0.770. The molecule has 1 aromatic heterocycles. The van der Waals surface area contributed by atoms with Gasteiger partial charge in [0.2, 0.25) is 0 Å². The summed E-state index contributed by atoms with van der Waals surface area (Å²) in [5.41, 5.74) is 2.87. The van der Waals surface area contributed by atoms with Gasteiger partial charge < -0.3 is 14.6 Å². The van der Waals surface area contributed by atoms with Crippen molar-refractivity contribution in [2.75, 3.05) is 13.2 Å². The van der Waals surface area contributed by atoms with E-state index in [0.29, 0.717) is 18.0 Å². The Labute approximate surface area is 152 Å². The van der Waals surface area contributed by atoms with Crippen LogP contribution >= 0.6 is 0 Å². The summed E-state index contributed by atoms with van der Waals surface area (Å²) in [5, 5.41) is 2.98. The van der Waals surface area contributed by atoms with Crippen molar-refractivity contribution in [1.29, 1.82) is 0 Å². The van der Waals surface area contributed by atoms with Gasteiger partial charge in [0, 0.05) is 36.2 Å². The number of benzene rings is 2. The van der Waals surface area contributed by atoms with Crippen molar-refractivity contribution in [2.45, 2.75) is 18.9 Å². The Hall–Kier alpha value is -2.92. The van der Waals surface area contributed by atoms with Gasteiger partial charge in [0.15, 0.2) is 0 Å². The molecule has 0 aliphatic carbocycles. The lowest BCUT2D eigenvalue weighted by Gasteiger charge is -2.11. The fourth-order valence-corrected chi connectivity index (χ4v) is 3.28. The molecule has 1 atom stereocenters. The molecule has 26 heavy (non-hydrogen) atoms. The molecule has 0 bridgehead atoms. The number of aromatic nitrogens is 2. The van der Waals surface area contributed by atoms with Crippen LogP contribution in [0.5, 0.6) is 0 Å². The Balaban J connectivity index is 1.45. The number of nitrogens with one attached hydrogen (secondary N) is 1. The minimum Gasteiger partial charge on any atom is -0.381 e. The first-order chi connectivity index (χ1) is 12.8. The Morgan fingerprint density at radius 2 is 2.08 bits per heavy atom. The highest BCUT2D eigenvalue weighted by Gasteiger charge is 2.19. The number of para-hydroxylation sites is 1. The third-order valence-electron chi connectivity index (χ3n) is 4.71. The fourth-order valence-electron chi connectivity index (χ4n) is 3.28. The summed E-state index contributed by atoms with van der Waals surface area (Å²) in [6, 6.07) is 17.8. The molecule has 1 N–H and O–H groups in total. The molecule has 0 saturated carbocycles. The van der Waals surface area contributed by atoms with Gasteiger partial charge in [-0.3, -0.25) is 4.79 Å². The van der Waals surface area contributed by atoms with Crippen LogP contribution in [0.15, 0.2) is 67.0 Å².